The van der Waals surface area contributed by atoms with Gasteiger partial charge in [-0.3, -0.25) is 9.59 Å². The molecule has 138 valence electrons. The normalized spacial score (nSPS) is 10.4. The molecule has 0 heterocycles. The molecule has 0 atom stereocenters. The molecular weight excluding hydrogens is 324 g/mol. The molecule has 4 nitrogen and oxygen atoms in total. The topological polar surface area (TPSA) is 49.4 Å². The van der Waals surface area contributed by atoms with E-state index in [0.717, 1.165) is 24.1 Å². The second kappa shape index (κ2) is 9.76. The van der Waals surface area contributed by atoms with E-state index in [1.165, 1.54) is 5.56 Å². The number of amides is 2. The summed E-state index contributed by atoms with van der Waals surface area (Å²) in [5, 5.41) is 2.84. The van der Waals surface area contributed by atoms with Crippen molar-refractivity contribution >= 4 is 11.8 Å². The molecule has 0 saturated carbocycles. The van der Waals surface area contributed by atoms with Crippen LogP contribution in [0.2, 0.25) is 0 Å². The lowest BCUT2D eigenvalue weighted by molar-refractivity contribution is -0.131. The van der Waals surface area contributed by atoms with E-state index in [1.807, 2.05) is 30.0 Å². The molecule has 2 rings (SSSR count). The van der Waals surface area contributed by atoms with E-state index >= 15 is 0 Å². The smallest absolute Gasteiger partial charge is 0.251 e. The molecule has 2 amide bonds. The summed E-state index contributed by atoms with van der Waals surface area (Å²) in [5.74, 6) is -0.0703. The van der Waals surface area contributed by atoms with E-state index in [9.17, 15) is 9.59 Å². The van der Waals surface area contributed by atoms with Crippen molar-refractivity contribution in [3.8, 4) is 0 Å². The Morgan fingerprint density at radius 2 is 1.73 bits per heavy atom. The van der Waals surface area contributed by atoms with Gasteiger partial charge in [0.05, 0.1) is 0 Å². The lowest BCUT2D eigenvalue weighted by Gasteiger charge is -2.22. The van der Waals surface area contributed by atoms with Crippen molar-refractivity contribution in [1.82, 2.24) is 10.2 Å². The second-order valence-electron chi connectivity index (χ2n) is 6.68. The summed E-state index contributed by atoms with van der Waals surface area (Å²) in [4.78, 5) is 26.6. The Morgan fingerprint density at radius 3 is 2.38 bits per heavy atom. The zero-order chi connectivity index (χ0) is 18.9. The van der Waals surface area contributed by atoms with Crippen molar-refractivity contribution in [2.75, 3.05) is 13.1 Å². The van der Waals surface area contributed by atoms with Gasteiger partial charge in [0.25, 0.3) is 5.91 Å². The molecule has 0 aliphatic heterocycles. The van der Waals surface area contributed by atoms with Gasteiger partial charge in [0.1, 0.15) is 0 Å². The fraction of sp³-hybridized carbons (Fsp3) is 0.364. The Hall–Kier alpha value is -2.62. The molecule has 0 spiro atoms. The molecule has 0 aromatic heterocycles. The fourth-order valence-electron chi connectivity index (χ4n) is 2.81. The first-order valence-electron chi connectivity index (χ1n) is 9.17. The average Bonchev–Trinajstić information content (AvgIpc) is 2.63. The van der Waals surface area contributed by atoms with Crippen LogP contribution >= 0.6 is 0 Å². The van der Waals surface area contributed by atoms with Crippen molar-refractivity contribution in [3.63, 3.8) is 0 Å². The number of carbonyl (C=O) groups excluding carboxylic acids is 2. The molecule has 0 bridgehead atoms. The number of nitrogens with zero attached hydrogens (tertiary/aromatic N) is 1. The van der Waals surface area contributed by atoms with Gasteiger partial charge in [-0.05, 0) is 38.0 Å². The van der Waals surface area contributed by atoms with Crippen LogP contribution in [0.25, 0.3) is 0 Å². The average molecular weight is 352 g/mol. The van der Waals surface area contributed by atoms with Crippen LogP contribution in [0.4, 0.5) is 0 Å². The maximum absolute atomic E-state index is 12.6. The molecule has 0 aliphatic carbocycles. The number of hydrogen-bond donors (Lipinski definition) is 1. The highest BCUT2D eigenvalue weighted by molar-refractivity contribution is 5.94. The third-order valence-corrected chi connectivity index (χ3v) is 4.24. The standard InChI is InChI=1S/C22H28N2O2/c1-4-14-24(16-19-10-8-17(2)9-11-19)21(25)12-13-23-22(26)20-7-5-6-18(3)15-20/h5-11,15H,4,12-14,16H2,1-3H3,(H,23,26). The summed E-state index contributed by atoms with van der Waals surface area (Å²) >= 11 is 0. The molecule has 4 heteroatoms. The maximum Gasteiger partial charge on any atom is 0.251 e. The van der Waals surface area contributed by atoms with E-state index < -0.39 is 0 Å². The first-order chi connectivity index (χ1) is 12.5. The van der Waals surface area contributed by atoms with Crippen molar-refractivity contribution < 1.29 is 9.59 Å². The zero-order valence-corrected chi connectivity index (χ0v) is 15.9. The molecule has 0 fully saturated rings. The molecule has 2 aromatic rings. The van der Waals surface area contributed by atoms with E-state index in [1.54, 1.807) is 6.07 Å². The van der Waals surface area contributed by atoms with Gasteiger partial charge in [-0.2, -0.15) is 0 Å². The van der Waals surface area contributed by atoms with Crippen LogP contribution in [-0.4, -0.2) is 29.8 Å². The van der Waals surface area contributed by atoms with Crippen molar-refractivity contribution in [2.45, 2.75) is 40.2 Å². The summed E-state index contributed by atoms with van der Waals surface area (Å²) in [6.45, 7) is 7.75. The summed E-state index contributed by atoms with van der Waals surface area (Å²) in [5.41, 5.74) is 4.01. The predicted molar refractivity (Wildman–Crippen MR) is 105 cm³/mol. The Labute approximate surface area is 156 Å². The van der Waals surface area contributed by atoms with Crippen LogP contribution in [0.3, 0.4) is 0 Å². The number of benzene rings is 2. The van der Waals surface area contributed by atoms with Gasteiger partial charge >= 0.3 is 0 Å². The quantitative estimate of drug-likeness (QED) is 0.784. The largest absolute Gasteiger partial charge is 0.352 e. The summed E-state index contributed by atoms with van der Waals surface area (Å²) in [6.07, 6.45) is 1.22. The van der Waals surface area contributed by atoms with Gasteiger partial charge in [-0.1, -0.05) is 54.4 Å². The Morgan fingerprint density at radius 1 is 1.00 bits per heavy atom. The number of hydrogen-bond acceptors (Lipinski definition) is 2. The number of nitrogens with one attached hydrogen (secondary N) is 1. The Bertz CT molecular complexity index is 738. The predicted octanol–water partition coefficient (Wildman–Crippen LogP) is 3.86. The van der Waals surface area contributed by atoms with Crippen LogP contribution in [0.1, 0.15) is 46.8 Å². The van der Waals surface area contributed by atoms with Crippen LogP contribution in [0.15, 0.2) is 48.5 Å². The van der Waals surface area contributed by atoms with Crippen LogP contribution in [0, 0.1) is 13.8 Å². The van der Waals surface area contributed by atoms with Crippen molar-refractivity contribution in [2.24, 2.45) is 0 Å². The minimum atomic E-state index is -0.137. The van der Waals surface area contributed by atoms with Crippen LogP contribution < -0.4 is 5.32 Å². The van der Waals surface area contributed by atoms with Gasteiger partial charge < -0.3 is 10.2 Å². The minimum Gasteiger partial charge on any atom is -0.352 e. The summed E-state index contributed by atoms with van der Waals surface area (Å²) in [7, 11) is 0. The van der Waals surface area contributed by atoms with Crippen LogP contribution in [0.5, 0.6) is 0 Å². The molecule has 0 saturated heterocycles. The summed E-state index contributed by atoms with van der Waals surface area (Å²) in [6, 6.07) is 15.7. The Kier molecular flexibility index (Phi) is 7.39. The third kappa shape index (κ3) is 6.03. The third-order valence-electron chi connectivity index (χ3n) is 4.24. The maximum atomic E-state index is 12.6. The highest BCUT2D eigenvalue weighted by Crippen LogP contribution is 2.09. The minimum absolute atomic E-state index is 0.0666. The summed E-state index contributed by atoms with van der Waals surface area (Å²) < 4.78 is 0. The lowest BCUT2D eigenvalue weighted by Crippen LogP contribution is -2.34. The van der Waals surface area contributed by atoms with Gasteiger partial charge in [-0.15, -0.1) is 0 Å². The molecule has 26 heavy (non-hydrogen) atoms. The fourth-order valence-corrected chi connectivity index (χ4v) is 2.81. The second-order valence-corrected chi connectivity index (χ2v) is 6.68. The molecule has 1 N–H and O–H groups in total. The SMILES string of the molecule is CCCN(Cc1ccc(C)cc1)C(=O)CCNC(=O)c1cccc(C)c1. The molecule has 2 aromatic carbocycles. The highest BCUT2D eigenvalue weighted by Gasteiger charge is 2.14. The van der Waals surface area contributed by atoms with E-state index in [2.05, 4.69) is 43.4 Å². The van der Waals surface area contributed by atoms with E-state index in [-0.39, 0.29) is 11.8 Å². The number of rotatable bonds is 8. The van der Waals surface area contributed by atoms with E-state index in [4.69, 9.17) is 0 Å². The monoisotopic (exact) mass is 352 g/mol. The molecule has 0 unspecified atom stereocenters. The first kappa shape index (κ1) is 19.7. The van der Waals surface area contributed by atoms with Gasteiger partial charge in [-0.25, -0.2) is 0 Å². The zero-order valence-electron chi connectivity index (χ0n) is 15.9. The van der Waals surface area contributed by atoms with E-state index in [0.29, 0.717) is 25.1 Å². The van der Waals surface area contributed by atoms with Gasteiger partial charge in [0, 0.05) is 31.6 Å². The molecule has 0 aliphatic rings. The van der Waals surface area contributed by atoms with Crippen molar-refractivity contribution in [3.05, 3.63) is 70.8 Å². The van der Waals surface area contributed by atoms with Gasteiger partial charge in [0.2, 0.25) is 5.91 Å². The van der Waals surface area contributed by atoms with Crippen LogP contribution in [-0.2, 0) is 11.3 Å². The van der Waals surface area contributed by atoms with Gasteiger partial charge in [0.15, 0.2) is 0 Å². The Balaban J connectivity index is 1.86. The highest BCUT2D eigenvalue weighted by atomic mass is 16.2. The lowest BCUT2D eigenvalue weighted by atomic mass is 10.1. The first-order valence-corrected chi connectivity index (χ1v) is 9.17. The molecule has 0 radical (unpaired) electrons. The number of aryl methyl sites for hydroxylation is 2. The van der Waals surface area contributed by atoms with Crippen molar-refractivity contribution in [1.29, 1.82) is 0 Å². The number of carbonyl (C=O) groups is 2. The molecular formula is C22H28N2O2.